The van der Waals surface area contributed by atoms with Crippen molar-refractivity contribution in [1.82, 2.24) is 14.8 Å². The van der Waals surface area contributed by atoms with Gasteiger partial charge in [-0.3, -0.25) is 14.8 Å². The summed E-state index contributed by atoms with van der Waals surface area (Å²) in [5.74, 6) is 6.52. The highest BCUT2D eigenvalue weighted by Gasteiger charge is 2.23. The zero-order valence-corrected chi connectivity index (χ0v) is 23.3. The number of benzene rings is 3. The molecule has 0 radical (unpaired) electrons. The second-order valence-electron chi connectivity index (χ2n) is 9.95. The molecule has 200 valence electrons. The fourth-order valence-corrected chi connectivity index (χ4v) is 5.53. The number of aliphatic hydroxyl groups excluding tert-OH is 1. The van der Waals surface area contributed by atoms with Crippen LogP contribution in [0.1, 0.15) is 49.1 Å². The molecule has 4 aromatic rings. The molecule has 3 aromatic carbocycles. The highest BCUT2D eigenvalue weighted by atomic mass is 32.2. The maximum Gasteiger partial charge on any atom is 0.133 e. The topological polar surface area (TPSA) is 51.6 Å². The molecule has 1 aromatic heterocycles. The number of pyridine rings is 1. The van der Waals surface area contributed by atoms with Gasteiger partial charge in [-0.2, -0.15) is 0 Å². The van der Waals surface area contributed by atoms with E-state index in [0.29, 0.717) is 0 Å². The zero-order valence-electron chi connectivity index (χ0n) is 22.5. The van der Waals surface area contributed by atoms with Crippen LogP contribution >= 0.6 is 11.9 Å². The van der Waals surface area contributed by atoms with Crippen LogP contribution in [-0.2, 0) is 6.54 Å². The standard InChI is InChI=1S/C33H36N4OS/c1-2-3-4-5-8-26-12-14-27(15-13-26)25-36-21-23-37(24-22-36)33(38)29-16-18-30(19-17-29)35-39-31-11-6-9-28-10-7-20-34-32(28)31/h6-7,9-20,33,35,38H,2-4,21-25H2,1H3. The second-order valence-corrected chi connectivity index (χ2v) is 10.8. The molecule has 1 atom stereocenters. The van der Waals surface area contributed by atoms with Crippen molar-refractivity contribution in [2.75, 3.05) is 30.9 Å². The number of aromatic nitrogens is 1. The van der Waals surface area contributed by atoms with Gasteiger partial charge in [0.05, 0.1) is 10.4 Å². The number of rotatable bonds is 9. The summed E-state index contributed by atoms with van der Waals surface area (Å²) in [6.45, 7) is 6.67. The van der Waals surface area contributed by atoms with E-state index in [-0.39, 0.29) is 0 Å². The summed E-state index contributed by atoms with van der Waals surface area (Å²) in [4.78, 5) is 10.2. The van der Waals surface area contributed by atoms with E-state index in [1.807, 2.05) is 36.5 Å². The predicted octanol–water partition coefficient (Wildman–Crippen LogP) is 6.70. The number of fused-ring (bicyclic) bond motifs is 1. The van der Waals surface area contributed by atoms with Gasteiger partial charge in [0.1, 0.15) is 6.23 Å². The molecule has 5 rings (SSSR count). The fourth-order valence-electron chi connectivity index (χ4n) is 4.75. The van der Waals surface area contributed by atoms with Gasteiger partial charge in [0, 0.05) is 62.0 Å². The molecule has 0 spiro atoms. The summed E-state index contributed by atoms with van der Waals surface area (Å²) in [7, 11) is 0. The van der Waals surface area contributed by atoms with Gasteiger partial charge in [-0.1, -0.05) is 67.6 Å². The van der Waals surface area contributed by atoms with Crippen molar-refractivity contribution in [3.8, 4) is 11.8 Å². The Morgan fingerprint density at radius 3 is 2.49 bits per heavy atom. The monoisotopic (exact) mass is 536 g/mol. The third-order valence-electron chi connectivity index (χ3n) is 7.08. The van der Waals surface area contributed by atoms with Crippen LogP contribution in [0.2, 0.25) is 0 Å². The molecule has 1 unspecified atom stereocenters. The number of nitrogens with zero attached hydrogens (tertiary/aromatic N) is 3. The van der Waals surface area contributed by atoms with Crippen LogP contribution in [0.25, 0.3) is 10.9 Å². The summed E-state index contributed by atoms with van der Waals surface area (Å²) in [6, 6.07) is 26.9. The van der Waals surface area contributed by atoms with Crippen molar-refractivity contribution < 1.29 is 5.11 Å². The Morgan fingerprint density at radius 1 is 0.949 bits per heavy atom. The lowest BCUT2D eigenvalue weighted by Gasteiger charge is -2.37. The van der Waals surface area contributed by atoms with Crippen molar-refractivity contribution in [2.45, 2.75) is 43.9 Å². The third-order valence-corrected chi connectivity index (χ3v) is 7.97. The number of anilines is 1. The highest BCUT2D eigenvalue weighted by Crippen LogP contribution is 2.28. The molecule has 39 heavy (non-hydrogen) atoms. The van der Waals surface area contributed by atoms with Gasteiger partial charge in [0.2, 0.25) is 0 Å². The molecule has 1 aliphatic rings. The van der Waals surface area contributed by atoms with Gasteiger partial charge in [-0.05, 0) is 65.9 Å². The summed E-state index contributed by atoms with van der Waals surface area (Å²) < 4.78 is 3.41. The first-order valence-corrected chi connectivity index (χ1v) is 14.6. The third kappa shape index (κ3) is 7.40. The van der Waals surface area contributed by atoms with Gasteiger partial charge in [-0.25, -0.2) is 0 Å². The minimum Gasteiger partial charge on any atom is -0.374 e. The summed E-state index contributed by atoms with van der Waals surface area (Å²) in [5.41, 5.74) is 5.30. The molecule has 1 aliphatic heterocycles. The lowest BCUT2D eigenvalue weighted by molar-refractivity contribution is -0.0285. The summed E-state index contributed by atoms with van der Waals surface area (Å²) in [5, 5.41) is 12.2. The van der Waals surface area contributed by atoms with Gasteiger partial charge < -0.3 is 9.83 Å². The van der Waals surface area contributed by atoms with Crippen molar-refractivity contribution in [2.24, 2.45) is 0 Å². The predicted molar refractivity (Wildman–Crippen MR) is 162 cm³/mol. The number of nitrogens with one attached hydrogen (secondary N) is 1. The van der Waals surface area contributed by atoms with Crippen molar-refractivity contribution in [1.29, 1.82) is 0 Å². The quantitative estimate of drug-likeness (QED) is 0.141. The van der Waals surface area contributed by atoms with Crippen molar-refractivity contribution >= 4 is 28.5 Å². The van der Waals surface area contributed by atoms with Crippen molar-refractivity contribution in [3.63, 3.8) is 0 Å². The lowest BCUT2D eigenvalue weighted by Crippen LogP contribution is -2.47. The second kappa shape index (κ2) is 13.6. The SMILES string of the molecule is CCCCC#Cc1ccc(CN2CCN(C(O)c3ccc(NSc4cccc5cccnc45)cc3)CC2)cc1. The summed E-state index contributed by atoms with van der Waals surface area (Å²) >= 11 is 1.55. The molecule has 1 saturated heterocycles. The molecular formula is C33H36N4OS. The molecule has 0 amide bonds. The summed E-state index contributed by atoms with van der Waals surface area (Å²) in [6.07, 6.45) is 4.55. The zero-order chi connectivity index (χ0) is 26.9. The number of aliphatic hydroxyl groups is 1. The Labute approximate surface area is 236 Å². The molecule has 0 bridgehead atoms. The number of hydrogen-bond acceptors (Lipinski definition) is 6. The number of hydrogen-bond donors (Lipinski definition) is 2. The van der Waals surface area contributed by atoms with Crippen LogP contribution in [0.15, 0.2) is 90.0 Å². The van der Waals surface area contributed by atoms with Gasteiger partial charge in [-0.15, -0.1) is 0 Å². The molecule has 1 fully saturated rings. The Balaban J connectivity index is 1.09. The van der Waals surface area contributed by atoms with Crippen LogP contribution < -0.4 is 4.72 Å². The molecule has 5 nitrogen and oxygen atoms in total. The number of piperazine rings is 1. The Morgan fingerprint density at radius 2 is 1.72 bits per heavy atom. The Bertz CT molecular complexity index is 1400. The molecule has 0 saturated carbocycles. The van der Waals surface area contributed by atoms with Gasteiger partial charge >= 0.3 is 0 Å². The smallest absolute Gasteiger partial charge is 0.133 e. The number of para-hydroxylation sites is 1. The Kier molecular flexibility index (Phi) is 9.52. The first-order chi connectivity index (χ1) is 19.2. The molecular weight excluding hydrogens is 500 g/mol. The van der Waals surface area contributed by atoms with E-state index in [4.69, 9.17) is 0 Å². The number of unbranched alkanes of at least 4 members (excludes halogenated alkanes) is 2. The largest absolute Gasteiger partial charge is 0.374 e. The first kappa shape index (κ1) is 27.2. The fraction of sp³-hybridized carbons (Fsp3) is 0.303. The molecule has 0 aliphatic carbocycles. The Hall–Kier alpha value is -3.34. The maximum absolute atomic E-state index is 11.0. The molecule has 2 N–H and O–H groups in total. The van der Waals surface area contributed by atoms with Crippen LogP contribution in [0.3, 0.4) is 0 Å². The molecule has 2 heterocycles. The average molecular weight is 537 g/mol. The van der Waals surface area contributed by atoms with Crippen LogP contribution in [0.5, 0.6) is 0 Å². The van der Waals surface area contributed by atoms with E-state index in [9.17, 15) is 5.11 Å². The van der Waals surface area contributed by atoms with Crippen LogP contribution in [0, 0.1) is 11.8 Å². The van der Waals surface area contributed by atoms with Crippen LogP contribution in [-0.4, -0.2) is 46.1 Å². The normalized spacial score (nSPS) is 15.0. The lowest BCUT2D eigenvalue weighted by atomic mass is 10.1. The first-order valence-electron chi connectivity index (χ1n) is 13.8. The highest BCUT2D eigenvalue weighted by molar-refractivity contribution is 8.00. The van der Waals surface area contributed by atoms with E-state index >= 15 is 0 Å². The van der Waals surface area contributed by atoms with E-state index in [1.54, 1.807) is 11.9 Å². The molecule has 6 heteroatoms. The van der Waals surface area contributed by atoms with Gasteiger partial charge in [0.15, 0.2) is 0 Å². The van der Waals surface area contributed by atoms with E-state index < -0.39 is 6.23 Å². The van der Waals surface area contributed by atoms with E-state index in [0.717, 1.165) is 78.2 Å². The van der Waals surface area contributed by atoms with Gasteiger partial charge in [0.25, 0.3) is 0 Å². The van der Waals surface area contributed by atoms with E-state index in [2.05, 4.69) is 86.8 Å². The van der Waals surface area contributed by atoms with Crippen molar-refractivity contribution in [3.05, 3.63) is 102 Å². The maximum atomic E-state index is 11.0. The average Bonchev–Trinajstić information content (AvgIpc) is 2.99. The minimum atomic E-state index is -0.596. The minimum absolute atomic E-state index is 0.596. The van der Waals surface area contributed by atoms with Crippen LogP contribution in [0.4, 0.5) is 5.69 Å². The van der Waals surface area contributed by atoms with E-state index in [1.165, 1.54) is 12.0 Å².